The molecule has 6 heteroatoms. The maximum absolute atomic E-state index is 12.0. The first kappa shape index (κ1) is 11.6. The van der Waals surface area contributed by atoms with Gasteiger partial charge in [-0.2, -0.15) is 0 Å². The van der Waals surface area contributed by atoms with Gasteiger partial charge in [-0.1, -0.05) is 6.92 Å². The fourth-order valence-electron chi connectivity index (χ4n) is 2.12. The zero-order valence-corrected chi connectivity index (χ0v) is 9.87. The number of ether oxygens (including phenoxy) is 1. The number of methoxy groups -OCH3 is 1. The van der Waals surface area contributed by atoms with Crippen molar-refractivity contribution in [2.24, 2.45) is 11.8 Å². The number of imidazole rings is 1. The van der Waals surface area contributed by atoms with Crippen LogP contribution in [0.2, 0.25) is 0 Å². The number of amides is 1. The van der Waals surface area contributed by atoms with Crippen LogP contribution in [0.15, 0.2) is 18.7 Å². The Balaban J connectivity index is 2.06. The van der Waals surface area contributed by atoms with Gasteiger partial charge in [0.2, 0.25) is 0 Å². The quantitative estimate of drug-likeness (QED) is 0.671. The minimum Gasteiger partial charge on any atom is -0.469 e. The highest BCUT2D eigenvalue weighted by Gasteiger charge is 2.37. The molecule has 2 rings (SSSR count). The largest absolute Gasteiger partial charge is 0.469 e. The zero-order valence-electron chi connectivity index (χ0n) is 9.87. The molecular weight excluding hydrogens is 222 g/mol. The molecule has 1 aromatic heterocycles. The van der Waals surface area contributed by atoms with Crippen LogP contribution in [0.4, 0.5) is 4.79 Å². The molecule has 6 nitrogen and oxygen atoms in total. The minimum atomic E-state index is -0.251. The number of hydrogen-bond acceptors (Lipinski definition) is 4. The Labute approximate surface area is 99.2 Å². The van der Waals surface area contributed by atoms with Crippen LogP contribution >= 0.6 is 0 Å². The normalized spacial score (nSPS) is 23.8. The molecule has 0 saturated carbocycles. The predicted octanol–water partition coefficient (Wildman–Crippen LogP) is 0.592. The predicted molar refractivity (Wildman–Crippen MR) is 59.3 cm³/mol. The van der Waals surface area contributed by atoms with Gasteiger partial charge in [0.1, 0.15) is 6.33 Å². The first-order chi connectivity index (χ1) is 8.13. The highest BCUT2D eigenvalue weighted by Crippen LogP contribution is 2.24. The second-order valence-electron chi connectivity index (χ2n) is 4.26. The van der Waals surface area contributed by atoms with E-state index >= 15 is 0 Å². The van der Waals surface area contributed by atoms with Gasteiger partial charge in [-0.05, 0) is 5.92 Å². The lowest BCUT2D eigenvalue weighted by atomic mass is 9.99. The van der Waals surface area contributed by atoms with Crippen molar-refractivity contribution >= 4 is 12.0 Å². The average Bonchev–Trinajstić information content (AvgIpc) is 2.96. The second kappa shape index (κ2) is 4.57. The third-order valence-corrected chi connectivity index (χ3v) is 3.11. The molecule has 1 saturated heterocycles. The van der Waals surface area contributed by atoms with Gasteiger partial charge in [-0.15, -0.1) is 0 Å². The summed E-state index contributed by atoms with van der Waals surface area (Å²) in [5.74, 6) is -0.360. The maximum Gasteiger partial charge on any atom is 0.329 e. The summed E-state index contributed by atoms with van der Waals surface area (Å²) in [6.07, 6.45) is 4.60. The third-order valence-electron chi connectivity index (χ3n) is 3.11. The fraction of sp³-hybridized carbons (Fsp3) is 0.545. The van der Waals surface area contributed by atoms with E-state index in [2.05, 4.69) is 4.98 Å². The van der Waals surface area contributed by atoms with Gasteiger partial charge in [0.05, 0.1) is 13.0 Å². The molecule has 2 heterocycles. The van der Waals surface area contributed by atoms with Crippen LogP contribution in [-0.4, -0.2) is 46.7 Å². The molecule has 17 heavy (non-hydrogen) atoms. The van der Waals surface area contributed by atoms with Crippen molar-refractivity contribution in [3.05, 3.63) is 18.7 Å². The average molecular weight is 237 g/mol. The monoisotopic (exact) mass is 237 g/mol. The zero-order chi connectivity index (χ0) is 12.4. The number of carbonyl (C=O) groups excluding carboxylic acids is 2. The smallest absolute Gasteiger partial charge is 0.329 e. The lowest BCUT2D eigenvalue weighted by molar-refractivity contribution is -0.145. The van der Waals surface area contributed by atoms with E-state index in [4.69, 9.17) is 4.74 Å². The van der Waals surface area contributed by atoms with Crippen molar-refractivity contribution in [3.63, 3.8) is 0 Å². The molecule has 2 unspecified atom stereocenters. The Bertz CT molecular complexity index is 416. The Morgan fingerprint density at radius 1 is 1.41 bits per heavy atom. The van der Waals surface area contributed by atoms with E-state index in [0.29, 0.717) is 13.1 Å². The molecule has 0 N–H and O–H groups in total. The van der Waals surface area contributed by atoms with Crippen LogP contribution in [0.1, 0.15) is 6.92 Å². The van der Waals surface area contributed by atoms with Gasteiger partial charge in [-0.3, -0.25) is 9.36 Å². The highest BCUT2D eigenvalue weighted by atomic mass is 16.5. The molecule has 1 amide bonds. The van der Waals surface area contributed by atoms with Crippen LogP contribution in [0.25, 0.3) is 0 Å². The molecular formula is C11H15N3O3. The molecule has 0 spiro atoms. The van der Waals surface area contributed by atoms with Crippen LogP contribution in [0.3, 0.4) is 0 Å². The number of likely N-dealkylation sites (tertiary alicyclic amines) is 1. The third kappa shape index (κ3) is 2.15. The van der Waals surface area contributed by atoms with Gasteiger partial charge < -0.3 is 9.64 Å². The lowest BCUT2D eigenvalue weighted by Gasteiger charge is -2.15. The molecule has 1 aliphatic heterocycles. The summed E-state index contributed by atoms with van der Waals surface area (Å²) in [6, 6.07) is -0.152. The van der Waals surface area contributed by atoms with Gasteiger partial charge in [0, 0.05) is 25.5 Å². The van der Waals surface area contributed by atoms with Crippen LogP contribution in [0.5, 0.6) is 0 Å². The number of carbonyl (C=O) groups is 2. The molecule has 0 aliphatic carbocycles. The molecule has 0 aromatic carbocycles. The minimum absolute atomic E-state index is 0.120. The molecule has 0 radical (unpaired) electrons. The van der Waals surface area contributed by atoms with Crippen LogP contribution in [0, 0.1) is 11.8 Å². The Hall–Kier alpha value is -1.85. The molecule has 1 fully saturated rings. The second-order valence-corrected chi connectivity index (χ2v) is 4.26. The van der Waals surface area contributed by atoms with Crippen molar-refractivity contribution in [3.8, 4) is 0 Å². The van der Waals surface area contributed by atoms with E-state index in [1.165, 1.54) is 18.0 Å². The summed E-state index contributed by atoms with van der Waals surface area (Å²) >= 11 is 0. The number of rotatable bonds is 1. The number of aromatic nitrogens is 2. The molecule has 2 atom stereocenters. The SMILES string of the molecule is COC(=O)C1CN(C(=O)n2ccnc2)CC1C. The van der Waals surface area contributed by atoms with Crippen molar-refractivity contribution in [1.82, 2.24) is 14.5 Å². The maximum atomic E-state index is 12.0. The molecule has 1 aromatic rings. The summed E-state index contributed by atoms with van der Waals surface area (Å²) in [5.41, 5.74) is 0. The summed E-state index contributed by atoms with van der Waals surface area (Å²) in [5, 5.41) is 0. The molecule has 0 bridgehead atoms. The Kier molecular flexibility index (Phi) is 3.12. The van der Waals surface area contributed by atoms with Crippen LogP contribution in [-0.2, 0) is 9.53 Å². The van der Waals surface area contributed by atoms with E-state index < -0.39 is 0 Å². The van der Waals surface area contributed by atoms with E-state index in [1.54, 1.807) is 17.3 Å². The number of nitrogens with zero attached hydrogens (tertiary/aromatic N) is 3. The lowest BCUT2D eigenvalue weighted by Crippen LogP contribution is -2.33. The number of esters is 1. The van der Waals surface area contributed by atoms with Crippen molar-refractivity contribution < 1.29 is 14.3 Å². The van der Waals surface area contributed by atoms with E-state index in [9.17, 15) is 9.59 Å². The summed E-state index contributed by atoms with van der Waals surface area (Å²) in [6.45, 7) is 2.92. The Morgan fingerprint density at radius 3 is 2.76 bits per heavy atom. The first-order valence-corrected chi connectivity index (χ1v) is 5.48. The molecule has 1 aliphatic rings. The molecule has 92 valence electrons. The fourth-order valence-corrected chi connectivity index (χ4v) is 2.12. The van der Waals surface area contributed by atoms with E-state index in [0.717, 1.165) is 0 Å². The van der Waals surface area contributed by atoms with Gasteiger partial charge in [-0.25, -0.2) is 9.78 Å². The first-order valence-electron chi connectivity index (χ1n) is 5.48. The van der Waals surface area contributed by atoms with E-state index in [-0.39, 0.29) is 23.8 Å². The highest BCUT2D eigenvalue weighted by molar-refractivity contribution is 5.79. The standard InChI is InChI=1S/C11H15N3O3/c1-8-5-14(6-9(8)10(15)17-2)11(16)13-4-3-12-7-13/h3-4,7-9H,5-6H2,1-2H3. The topological polar surface area (TPSA) is 64.4 Å². The summed E-state index contributed by atoms with van der Waals surface area (Å²) in [7, 11) is 1.37. The van der Waals surface area contributed by atoms with Crippen molar-refractivity contribution in [1.29, 1.82) is 0 Å². The van der Waals surface area contributed by atoms with Gasteiger partial charge >= 0.3 is 12.0 Å². The number of hydrogen-bond donors (Lipinski definition) is 0. The van der Waals surface area contributed by atoms with E-state index in [1.807, 2.05) is 6.92 Å². The van der Waals surface area contributed by atoms with Gasteiger partial charge in [0.15, 0.2) is 0 Å². The van der Waals surface area contributed by atoms with Gasteiger partial charge in [0.25, 0.3) is 0 Å². The Morgan fingerprint density at radius 2 is 2.18 bits per heavy atom. The van der Waals surface area contributed by atoms with Crippen molar-refractivity contribution in [2.45, 2.75) is 6.92 Å². The summed E-state index contributed by atoms with van der Waals surface area (Å²) < 4.78 is 6.14. The van der Waals surface area contributed by atoms with Crippen molar-refractivity contribution in [2.75, 3.05) is 20.2 Å². The van der Waals surface area contributed by atoms with Crippen LogP contribution < -0.4 is 0 Å². The summed E-state index contributed by atoms with van der Waals surface area (Å²) in [4.78, 5) is 29.0.